The topological polar surface area (TPSA) is 53.8 Å². The van der Waals surface area contributed by atoms with Crippen molar-refractivity contribution in [3.63, 3.8) is 0 Å². The molecule has 1 N–H and O–H groups in total. The lowest BCUT2D eigenvalue weighted by atomic mass is 10.1. The summed E-state index contributed by atoms with van der Waals surface area (Å²) in [5.41, 5.74) is -0.283. The molecule has 1 aliphatic heterocycles. The van der Waals surface area contributed by atoms with Crippen molar-refractivity contribution in [1.82, 2.24) is 5.32 Å². The van der Waals surface area contributed by atoms with Gasteiger partial charge in [0.05, 0.1) is 12.3 Å². The fourth-order valence-electron chi connectivity index (χ4n) is 1.71. The molecule has 1 fully saturated rings. The standard InChI is InChI=1S/C12H10ClN3O2/c1-12(2)10(17)16(11(18)15-12)7-4-5-9(14-3)8(13)6-7/h4-6H,1-2H3,(H,15,18). The molecule has 0 atom stereocenters. The van der Waals surface area contributed by atoms with Crippen molar-refractivity contribution in [3.05, 3.63) is 34.6 Å². The van der Waals surface area contributed by atoms with Gasteiger partial charge in [0.25, 0.3) is 5.91 Å². The Morgan fingerprint density at radius 2 is 2.06 bits per heavy atom. The van der Waals surface area contributed by atoms with Crippen molar-refractivity contribution >= 4 is 34.9 Å². The first-order valence-corrected chi connectivity index (χ1v) is 5.58. The summed E-state index contributed by atoms with van der Waals surface area (Å²) < 4.78 is 0. The molecule has 1 heterocycles. The van der Waals surface area contributed by atoms with Crippen LogP contribution in [0.25, 0.3) is 4.85 Å². The predicted octanol–water partition coefficient (Wildman–Crippen LogP) is 2.73. The van der Waals surface area contributed by atoms with Crippen LogP contribution in [0.5, 0.6) is 0 Å². The van der Waals surface area contributed by atoms with Gasteiger partial charge in [0.15, 0.2) is 0 Å². The number of imide groups is 1. The second-order valence-electron chi connectivity index (χ2n) is 4.44. The molecule has 2 rings (SSSR count). The molecule has 1 aromatic carbocycles. The number of amides is 3. The second-order valence-corrected chi connectivity index (χ2v) is 4.85. The third-order valence-electron chi connectivity index (χ3n) is 2.67. The van der Waals surface area contributed by atoms with E-state index < -0.39 is 11.6 Å². The summed E-state index contributed by atoms with van der Waals surface area (Å²) in [6.07, 6.45) is 0. The van der Waals surface area contributed by atoms with E-state index in [0.717, 1.165) is 4.90 Å². The Morgan fingerprint density at radius 3 is 2.50 bits per heavy atom. The van der Waals surface area contributed by atoms with Crippen molar-refractivity contribution in [2.75, 3.05) is 4.90 Å². The fourth-order valence-corrected chi connectivity index (χ4v) is 1.93. The molecule has 0 aliphatic carbocycles. The van der Waals surface area contributed by atoms with Gasteiger partial charge in [-0.25, -0.2) is 14.5 Å². The zero-order valence-corrected chi connectivity index (χ0v) is 10.6. The number of anilines is 1. The lowest BCUT2D eigenvalue weighted by molar-refractivity contribution is -0.120. The number of urea groups is 1. The summed E-state index contributed by atoms with van der Waals surface area (Å²) in [4.78, 5) is 28.0. The summed E-state index contributed by atoms with van der Waals surface area (Å²) >= 11 is 5.89. The molecule has 0 saturated carbocycles. The van der Waals surface area contributed by atoms with Crippen LogP contribution >= 0.6 is 11.6 Å². The number of halogens is 1. The van der Waals surface area contributed by atoms with Crippen LogP contribution in [0, 0.1) is 6.57 Å². The highest BCUT2D eigenvalue weighted by molar-refractivity contribution is 6.34. The van der Waals surface area contributed by atoms with Crippen LogP contribution in [0.2, 0.25) is 5.02 Å². The third kappa shape index (κ3) is 1.81. The Morgan fingerprint density at radius 1 is 1.39 bits per heavy atom. The molecule has 92 valence electrons. The zero-order chi connectivity index (χ0) is 13.5. The van der Waals surface area contributed by atoms with E-state index in [2.05, 4.69) is 10.2 Å². The summed E-state index contributed by atoms with van der Waals surface area (Å²) in [7, 11) is 0. The van der Waals surface area contributed by atoms with Crippen molar-refractivity contribution in [2.24, 2.45) is 0 Å². The lowest BCUT2D eigenvalue weighted by Crippen LogP contribution is -2.40. The molecule has 18 heavy (non-hydrogen) atoms. The number of nitrogens with one attached hydrogen (secondary N) is 1. The predicted molar refractivity (Wildman–Crippen MR) is 67.8 cm³/mol. The maximum absolute atomic E-state index is 12.0. The van der Waals surface area contributed by atoms with E-state index in [1.165, 1.54) is 18.2 Å². The minimum atomic E-state index is -0.929. The average Bonchev–Trinajstić information content (AvgIpc) is 2.48. The van der Waals surface area contributed by atoms with E-state index in [-0.39, 0.29) is 16.6 Å². The van der Waals surface area contributed by atoms with Crippen molar-refractivity contribution in [1.29, 1.82) is 0 Å². The number of rotatable bonds is 1. The average molecular weight is 264 g/mol. The summed E-state index contributed by atoms with van der Waals surface area (Å²) in [5, 5.41) is 2.79. The molecule has 3 amide bonds. The van der Waals surface area contributed by atoms with E-state index >= 15 is 0 Å². The van der Waals surface area contributed by atoms with Crippen molar-refractivity contribution in [3.8, 4) is 0 Å². The van der Waals surface area contributed by atoms with Gasteiger partial charge in [-0.3, -0.25) is 4.79 Å². The van der Waals surface area contributed by atoms with Gasteiger partial charge in [0.2, 0.25) is 5.69 Å². The number of carbonyl (C=O) groups is 2. The van der Waals surface area contributed by atoms with Crippen LogP contribution in [-0.4, -0.2) is 17.5 Å². The van der Waals surface area contributed by atoms with E-state index in [4.69, 9.17) is 18.2 Å². The number of benzene rings is 1. The van der Waals surface area contributed by atoms with Gasteiger partial charge in [-0.15, -0.1) is 0 Å². The Kier molecular flexibility index (Phi) is 2.76. The van der Waals surface area contributed by atoms with Gasteiger partial charge in [-0.05, 0) is 26.0 Å². The Labute approximate surface area is 109 Å². The van der Waals surface area contributed by atoms with Gasteiger partial charge in [-0.2, -0.15) is 0 Å². The van der Waals surface area contributed by atoms with Crippen LogP contribution in [0.1, 0.15) is 13.8 Å². The first-order valence-electron chi connectivity index (χ1n) is 5.20. The molecule has 5 nitrogen and oxygen atoms in total. The number of hydrogen-bond donors (Lipinski definition) is 1. The highest BCUT2D eigenvalue weighted by atomic mass is 35.5. The fraction of sp³-hybridized carbons (Fsp3) is 0.250. The third-order valence-corrected chi connectivity index (χ3v) is 2.97. The Hall–Kier alpha value is -2.06. The maximum atomic E-state index is 12.0. The number of hydrogen-bond acceptors (Lipinski definition) is 2. The molecule has 1 saturated heterocycles. The molecule has 0 bridgehead atoms. The first-order chi connectivity index (χ1) is 8.36. The SMILES string of the molecule is [C-]#[N+]c1ccc(N2C(=O)NC(C)(C)C2=O)cc1Cl. The summed E-state index contributed by atoms with van der Waals surface area (Å²) in [6.45, 7) is 10.1. The minimum Gasteiger partial charge on any atom is -0.323 e. The Balaban J connectivity index is 2.45. The number of carbonyl (C=O) groups excluding carboxylic acids is 2. The second kappa shape index (κ2) is 4.00. The molecule has 0 spiro atoms. The molecule has 1 aromatic rings. The van der Waals surface area contributed by atoms with E-state index in [1.807, 2.05) is 0 Å². The van der Waals surface area contributed by atoms with Crippen LogP contribution in [0.3, 0.4) is 0 Å². The van der Waals surface area contributed by atoms with E-state index in [9.17, 15) is 9.59 Å². The largest absolute Gasteiger partial charge is 0.329 e. The summed E-state index contributed by atoms with van der Waals surface area (Å²) in [5.74, 6) is -0.348. The quantitative estimate of drug-likeness (QED) is 0.626. The highest BCUT2D eigenvalue weighted by Gasteiger charge is 2.45. The van der Waals surface area contributed by atoms with Crippen molar-refractivity contribution < 1.29 is 9.59 Å². The molecule has 0 aromatic heterocycles. The van der Waals surface area contributed by atoms with E-state index in [1.54, 1.807) is 13.8 Å². The molecule has 6 heteroatoms. The molecular formula is C12H10ClN3O2. The van der Waals surface area contributed by atoms with Gasteiger partial charge < -0.3 is 5.32 Å². The van der Waals surface area contributed by atoms with Gasteiger partial charge in [-0.1, -0.05) is 17.7 Å². The van der Waals surface area contributed by atoms with Crippen molar-refractivity contribution in [2.45, 2.75) is 19.4 Å². The molecule has 1 aliphatic rings. The lowest BCUT2D eigenvalue weighted by Gasteiger charge is -2.16. The normalized spacial score (nSPS) is 17.6. The van der Waals surface area contributed by atoms with Crippen LogP contribution in [0.15, 0.2) is 18.2 Å². The van der Waals surface area contributed by atoms with Gasteiger partial charge >= 0.3 is 6.03 Å². The molecule has 0 unspecified atom stereocenters. The smallest absolute Gasteiger partial charge is 0.323 e. The van der Waals surface area contributed by atoms with E-state index in [0.29, 0.717) is 5.69 Å². The first kappa shape index (κ1) is 12.4. The monoisotopic (exact) mass is 263 g/mol. The molecular weight excluding hydrogens is 254 g/mol. The zero-order valence-electron chi connectivity index (χ0n) is 9.82. The van der Waals surface area contributed by atoms with Gasteiger partial charge in [0, 0.05) is 5.02 Å². The van der Waals surface area contributed by atoms with Gasteiger partial charge in [0.1, 0.15) is 5.54 Å². The highest BCUT2D eigenvalue weighted by Crippen LogP contribution is 2.32. The van der Waals surface area contributed by atoms with Crippen LogP contribution < -0.4 is 10.2 Å². The molecule has 0 radical (unpaired) electrons. The van der Waals surface area contributed by atoms with Crippen LogP contribution in [0.4, 0.5) is 16.2 Å². The summed E-state index contributed by atoms with van der Waals surface area (Å²) in [6, 6.07) is 3.96. The minimum absolute atomic E-state index is 0.216. The van der Waals surface area contributed by atoms with Crippen LogP contribution in [-0.2, 0) is 4.79 Å². The maximum Gasteiger partial charge on any atom is 0.329 e. The number of nitrogens with zero attached hydrogens (tertiary/aromatic N) is 2. The Bertz CT molecular complexity index is 589.